The zero-order chi connectivity index (χ0) is 23.6. The van der Waals surface area contributed by atoms with Crippen LogP contribution in [0.25, 0.3) is 0 Å². The van der Waals surface area contributed by atoms with Gasteiger partial charge in [-0.3, -0.25) is 0 Å². The van der Waals surface area contributed by atoms with Crippen LogP contribution in [-0.2, 0) is 14.3 Å². The number of hydrogen-bond donors (Lipinski definition) is 3. The highest BCUT2D eigenvalue weighted by molar-refractivity contribution is 5.64. The SMILES string of the molecule is C[C@@H]1O[C@@H](OCCCCCCCCCCCCCCCC[C@@H](O)CC(=O)[O-])[C@H](O)C[C@H]1O. The van der Waals surface area contributed by atoms with Crippen LogP contribution in [0.4, 0.5) is 0 Å². The Kier molecular flexibility index (Phi) is 17.1. The van der Waals surface area contributed by atoms with Crippen molar-refractivity contribution in [3.63, 3.8) is 0 Å². The molecule has 32 heavy (non-hydrogen) atoms. The molecule has 0 unspecified atom stereocenters. The predicted octanol–water partition coefficient (Wildman–Crippen LogP) is 3.21. The lowest BCUT2D eigenvalue weighted by atomic mass is 10.0. The molecule has 7 nitrogen and oxygen atoms in total. The highest BCUT2D eigenvalue weighted by atomic mass is 16.7. The Morgan fingerprint density at radius 3 is 1.84 bits per heavy atom. The van der Waals surface area contributed by atoms with Crippen LogP contribution >= 0.6 is 0 Å². The molecule has 0 radical (unpaired) electrons. The van der Waals surface area contributed by atoms with Crippen molar-refractivity contribution in [2.24, 2.45) is 0 Å². The van der Waals surface area contributed by atoms with Gasteiger partial charge < -0.3 is 34.7 Å². The van der Waals surface area contributed by atoms with Crippen LogP contribution < -0.4 is 5.11 Å². The van der Waals surface area contributed by atoms with Crippen molar-refractivity contribution < 1.29 is 34.7 Å². The van der Waals surface area contributed by atoms with Crippen LogP contribution in [0, 0.1) is 0 Å². The van der Waals surface area contributed by atoms with Crippen molar-refractivity contribution in [1.82, 2.24) is 0 Å². The number of carboxylic acid groups (broad SMARTS) is 1. The summed E-state index contributed by atoms with van der Waals surface area (Å²) in [6.07, 6.45) is 14.3. The van der Waals surface area contributed by atoms with Crippen molar-refractivity contribution in [1.29, 1.82) is 0 Å². The first-order chi connectivity index (χ1) is 15.4. The number of aliphatic hydroxyl groups excluding tert-OH is 3. The fraction of sp³-hybridized carbons (Fsp3) is 0.960. The maximum absolute atomic E-state index is 10.4. The smallest absolute Gasteiger partial charge is 0.183 e. The fourth-order valence-corrected chi connectivity index (χ4v) is 4.19. The number of unbranched alkanes of at least 4 members (excludes halogenated alkanes) is 13. The van der Waals surface area contributed by atoms with Crippen molar-refractivity contribution in [2.75, 3.05) is 6.61 Å². The van der Waals surface area contributed by atoms with Gasteiger partial charge in [-0.2, -0.15) is 0 Å². The van der Waals surface area contributed by atoms with Gasteiger partial charge in [0, 0.05) is 25.4 Å². The van der Waals surface area contributed by atoms with Gasteiger partial charge in [-0.1, -0.05) is 83.5 Å². The Morgan fingerprint density at radius 2 is 1.34 bits per heavy atom. The average molecular weight is 460 g/mol. The summed E-state index contributed by atoms with van der Waals surface area (Å²) in [7, 11) is 0. The summed E-state index contributed by atoms with van der Waals surface area (Å²) in [5, 5.41) is 39.4. The van der Waals surface area contributed by atoms with E-state index in [1.54, 1.807) is 6.92 Å². The molecule has 0 spiro atoms. The maximum atomic E-state index is 10.4. The minimum absolute atomic E-state index is 0.249. The monoisotopic (exact) mass is 459 g/mol. The molecule has 1 aliphatic rings. The summed E-state index contributed by atoms with van der Waals surface area (Å²) in [4.78, 5) is 10.4. The van der Waals surface area contributed by atoms with Gasteiger partial charge in [0.15, 0.2) is 6.29 Å². The molecule has 3 N–H and O–H groups in total. The second kappa shape index (κ2) is 18.7. The number of carboxylic acids is 1. The molecule has 7 heteroatoms. The van der Waals surface area contributed by atoms with Crippen molar-refractivity contribution >= 4 is 5.97 Å². The summed E-state index contributed by atoms with van der Waals surface area (Å²) in [6.45, 7) is 2.39. The van der Waals surface area contributed by atoms with Crippen molar-refractivity contribution in [2.45, 2.75) is 147 Å². The van der Waals surface area contributed by atoms with Crippen molar-refractivity contribution in [3.05, 3.63) is 0 Å². The number of aliphatic carboxylic acids is 1. The van der Waals surface area contributed by atoms with E-state index in [2.05, 4.69) is 0 Å². The third-order valence-electron chi connectivity index (χ3n) is 6.30. The molecule has 0 saturated carbocycles. The molecular weight excluding hydrogens is 412 g/mol. The molecule has 0 aromatic rings. The van der Waals surface area contributed by atoms with E-state index >= 15 is 0 Å². The Labute approximate surface area is 194 Å². The Hall–Kier alpha value is -0.730. The summed E-state index contributed by atoms with van der Waals surface area (Å²) in [6, 6.07) is 0. The van der Waals surface area contributed by atoms with Crippen LogP contribution in [0.5, 0.6) is 0 Å². The number of aliphatic hydroxyl groups is 3. The van der Waals surface area contributed by atoms with E-state index in [1.165, 1.54) is 57.8 Å². The Bertz CT molecular complexity index is 460. The number of hydrogen-bond acceptors (Lipinski definition) is 7. The van der Waals surface area contributed by atoms with Crippen LogP contribution in [-0.4, -0.2) is 58.6 Å². The molecular formula is C25H47O7-. The Morgan fingerprint density at radius 1 is 0.875 bits per heavy atom. The first-order valence-electron chi connectivity index (χ1n) is 12.9. The number of ether oxygens (including phenoxy) is 2. The standard InChI is InChI=1S/C25H48O7/c1-20-22(27)19-23(28)25(32-20)31-17-15-13-11-9-7-5-3-2-4-6-8-10-12-14-16-21(26)18-24(29)30/h20-23,25-28H,2-19H2,1H3,(H,29,30)/p-1/t20-,21+,22+,23+,25+/m0/s1. The molecule has 1 fully saturated rings. The lowest BCUT2D eigenvalue weighted by Crippen LogP contribution is -2.47. The minimum atomic E-state index is -1.17. The first kappa shape index (κ1) is 29.3. The van der Waals surface area contributed by atoms with Crippen LogP contribution in [0.15, 0.2) is 0 Å². The second-order valence-corrected chi connectivity index (χ2v) is 9.42. The summed E-state index contributed by atoms with van der Waals surface area (Å²) < 4.78 is 11.1. The molecule has 5 atom stereocenters. The van der Waals surface area contributed by atoms with E-state index in [1.807, 2.05) is 0 Å². The van der Waals surface area contributed by atoms with E-state index in [9.17, 15) is 25.2 Å². The molecule has 0 aromatic carbocycles. The third kappa shape index (κ3) is 15.2. The van der Waals surface area contributed by atoms with Gasteiger partial charge >= 0.3 is 0 Å². The summed E-state index contributed by atoms with van der Waals surface area (Å²) >= 11 is 0. The normalized spacial score (nSPS) is 24.5. The van der Waals surface area contributed by atoms with Gasteiger partial charge in [0.1, 0.15) is 6.10 Å². The van der Waals surface area contributed by atoms with E-state index in [-0.39, 0.29) is 12.5 Å². The predicted molar refractivity (Wildman–Crippen MR) is 122 cm³/mol. The highest BCUT2D eigenvalue weighted by Gasteiger charge is 2.34. The summed E-state index contributed by atoms with van der Waals surface area (Å²) in [5.41, 5.74) is 0. The largest absolute Gasteiger partial charge is 0.550 e. The average Bonchev–Trinajstić information content (AvgIpc) is 2.73. The summed E-state index contributed by atoms with van der Waals surface area (Å²) in [5.74, 6) is -1.17. The van der Waals surface area contributed by atoms with Gasteiger partial charge in [0.25, 0.3) is 0 Å². The topological polar surface area (TPSA) is 119 Å². The van der Waals surface area contributed by atoms with E-state index < -0.39 is 30.6 Å². The molecule has 1 saturated heterocycles. The number of carbonyl (C=O) groups is 1. The van der Waals surface area contributed by atoms with Crippen LogP contribution in [0.3, 0.4) is 0 Å². The molecule has 190 valence electrons. The molecule has 0 bridgehead atoms. The van der Waals surface area contributed by atoms with Gasteiger partial charge in [0.05, 0.1) is 18.3 Å². The molecule has 0 amide bonds. The van der Waals surface area contributed by atoms with Gasteiger partial charge in [-0.25, -0.2) is 0 Å². The van der Waals surface area contributed by atoms with Crippen LogP contribution in [0.1, 0.15) is 116 Å². The highest BCUT2D eigenvalue weighted by Crippen LogP contribution is 2.21. The second-order valence-electron chi connectivity index (χ2n) is 9.42. The third-order valence-corrected chi connectivity index (χ3v) is 6.30. The van der Waals surface area contributed by atoms with Crippen molar-refractivity contribution in [3.8, 4) is 0 Å². The molecule has 1 rings (SSSR count). The lowest BCUT2D eigenvalue weighted by Gasteiger charge is -2.35. The zero-order valence-electron chi connectivity index (χ0n) is 20.1. The molecule has 1 aliphatic heterocycles. The van der Waals surface area contributed by atoms with E-state index in [0.717, 1.165) is 32.1 Å². The van der Waals surface area contributed by atoms with E-state index in [4.69, 9.17) is 9.47 Å². The van der Waals surface area contributed by atoms with Gasteiger partial charge in [-0.05, 0) is 19.8 Å². The van der Waals surface area contributed by atoms with E-state index in [0.29, 0.717) is 19.4 Å². The number of carbonyl (C=O) groups excluding carboxylic acids is 1. The maximum Gasteiger partial charge on any atom is 0.183 e. The Balaban J connectivity index is 1.76. The zero-order valence-corrected chi connectivity index (χ0v) is 20.1. The fourth-order valence-electron chi connectivity index (χ4n) is 4.19. The molecule has 0 aliphatic carbocycles. The number of rotatable bonds is 20. The lowest BCUT2D eigenvalue weighted by molar-refractivity contribution is -0.307. The minimum Gasteiger partial charge on any atom is -0.550 e. The quantitative estimate of drug-likeness (QED) is 0.239. The first-order valence-corrected chi connectivity index (χ1v) is 12.9. The molecule has 0 aromatic heterocycles. The molecule has 1 heterocycles. The van der Waals surface area contributed by atoms with Gasteiger partial charge in [-0.15, -0.1) is 0 Å². The van der Waals surface area contributed by atoms with Crippen LogP contribution in [0.2, 0.25) is 0 Å². The van der Waals surface area contributed by atoms with Gasteiger partial charge in [0.2, 0.25) is 0 Å².